The largest absolute Gasteiger partial charge is 1.00 e. The number of hydrogen-bond donors (Lipinski definition) is 0. The normalized spacial score (nSPS) is 7.20. The van der Waals surface area contributed by atoms with E-state index in [1.165, 1.54) is 0 Å². The molecule has 9 nitrogen and oxygen atoms in total. The van der Waals surface area contributed by atoms with E-state index in [9.17, 15) is 0 Å². The minimum absolute atomic E-state index is 0. The monoisotopic (exact) mass is 594 g/mol. The Labute approximate surface area is 178 Å². The zero-order valence-electron chi connectivity index (χ0n) is 7.81. The van der Waals surface area contributed by atoms with Gasteiger partial charge < -0.3 is 30.9 Å². The third-order valence-electron chi connectivity index (χ3n) is 0. The van der Waals surface area contributed by atoms with Gasteiger partial charge >= 0.3 is 88.7 Å². The van der Waals surface area contributed by atoms with Crippen LogP contribution < -0.4 is 183 Å². The van der Waals surface area contributed by atoms with Crippen LogP contribution in [0.4, 0.5) is 0 Å². The van der Waals surface area contributed by atoms with Crippen LogP contribution in [0.25, 0.3) is 0 Å². The molecule has 0 spiro atoms. The molecule has 0 aromatic heterocycles. The van der Waals surface area contributed by atoms with E-state index in [4.69, 9.17) is 30.9 Å². The van der Waals surface area contributed by atoms with Gasteiger partial charge in [-0.05, 0) is 0 Å². The molecule has 0 aromatic rings. The van der Waals surface area contributed by atoms with Crippen LogP contribution in [0.5, 0.6) is 0 Å². The summed E-state index contributed by atoms with van der Waals surface area (Å²) in [7, 11) is 0. The molecule has 0 saturated carbocycles. The molecule has 0 saturated heterocycles. The molecule has 0 aliphatic heterocycles. The number of hydrogen-bond acceptors (Lipinski definition) is 9. The molecular weight excluding hydrogens is 594 g/mol. The zero-order chi connectivity index (χ0) is 10.7. The summed E-state index contributed by atoms with van der Waals surface area (Å²) in [5.41, 5.74) is 0. The van der Waals surface area contributed by atoms with Crippen molar-refractivity contribution in [2.45, 2.75) is 0 Å². The Kier molecular flexibility index (Phi) is 76.7. The van der Waals surface area contributed by atoms with Gasteiger partial charge in [-0.3, -0.25) is 0 Å². The molecule has 15 heavy (non-hydrogen) atoms. The molecule has 0 amide bonds. The van der Waals surface area contributed by atoms with Crippen molar-refractivity contribution in [3.8, 4) is 0 Å². The smallest absolute Gasteiger partial charge is 0.427 e. The average molecular weight is 594 g/mol. The summed E-state index contributed by atoms with van der Waals surface area (Å²) in [5, 5.41) is 0. The molecule has 0 unspecified atom stereocenters. The van der Waals surface area contributed by atoms with Gasteiger partial charge in [0, 0.05) is 0 Å². The quantitative estimate of drug-likeness (QED) is 0.193. The summed E-state index contributed by atoms with van der Waals surface area (Å²) in [4.78, 5) is 0. The molecular formula is I3Na3O9. The van der Waals surface area contributed by atoms with E-state index >= 15 is 0 Å². The Morgan fingerprint density at radius 3 is 0.333 bits per heavy atom. The zero-order valence-corrected chi connectivity index (χ0v) is 20.3. The molecule has 78 valence electrons. The molecule has 0 N–H and O–H groups in total. The van der Waals surface area contributed by atoms with Gasteiger partial charge in [0.2, 0.25) is 0 Å². The first-order chi connectivity index (χ1) is 5.20. The predicted molar refractivity (Wildman–Crippen MR) is 0 cm³/mol. The Bertz CT molecular complexity index is 49.1. The fourth-order valence-electron chi connectivity index (χ4n) is 0. The van der Waals surface area contributed by atoms with Crippen LogP contribution in [0.15, 0.2) is 0 Å². The summed E-state index contributed by atoms with van der Waals surface area (Å²) >= 11 is -12.0. The van der Waals surface area contributed by atoms with Crippen molar-refractivity contribution >= 4 is 0 Å². The predicted octanol–water partition coefficient (Wildman–Crippen LogP) is -28.7. The van der Waals surface area contributed by atoms with Crippen LogP contribution in [0.3, 0.4) is 0 Å². The first-order valence-electron chi connectivity index (χ1n) is 1.39. The molecule has 0 radical (unpaired) electrons. The van der Waals surface area contributed by atoms with Gasteiger partial charge in [0.15, 0.2) is 0 Å². The third-order valence-corrected chi connectivity index (χ3v) is 0. The second-order valence-corrected chi connectivity index (χ2v) is 3.80. The van der Waals surface area contributed by atoms with E-state index in [1.54, 1.807) is 0 Å². The van der Waals surface area contributed by atoms with Crippen molar-refractivity contribution in [1.29, 1.82) is 0 Å². The van der Waals surface area contributed by atoms with Crippen LogP contribution in [0, 0.1) is 0 Å². The Morgan fingerprint density at radius 2 is 0.333 bits per heavy atom. The maximum atomic E-state index is 8.57. The molecule has 15 heteroatoms. The topological polar surface area (TPSA) is 208 Å². The van der Waals surface area contributed by atoms with Gasteiger partial charge in [0.1, 0.15) is 0 Å². The fraction of sp³-hybridized carbons (Fsp3) is 0. The van der Waals surface area contributed by atoms with Gasteiger partial charge in [-0.2, -0.15) is 0 Å². The van der Waals surface area contributed by atoms with Crippen molar-refractivity contribution in [3.05, 3.63) is 0 Å². The van der Waals surface area contributed by atoms with Crippen molar-refractivity contribution in [2.24, 2.45) is 0 Å². The third kappa shape index (κ3) is 229. The second kappa shape index (κ2) is 31.3. The Balaban J connectivity index is -0.0000000184. The van der Waals surface area contributed by atoms with Gasteiger partial charge in [0.25, 0.3) is 63.2 Å². The van der Waals surface area contributed by atoms with E-state index in [0.29, 0.717) is 0 Å². The molecule has 0 aliphatic carbocycles. The fourth-order valence-corrected chi connectivity index (χ4v) is 0. The standard InChI is InChI=1S/3IO3.3Na/c3*2-1(3)4;;;/q3*-1;3*+1. The summed E-state index contributed by atoms with van der Waals surface area (Å²) in [6.45, 7) is 0. The molecule has 0 fully saturated rings. The van der Waals surface area contributed by atoms with Crippen LogP contribution >= 0.6 is 0 Å². The van der Waals surface area contributed by atoms with Gasteiger partial charge in [-0.25, -0.2) is 0 Å². The maximum Gasteiger partial charge on any atom is 1.00 e. The van der Waals surface area contributed by atoms with Crippen LogP contribution in [-0.2, 0) is 0 Å². The summed E-state index contributed by atoms with van der Waals surface area (Å²) in [6.07, 6.45) is 0. The molecule has 0 rings (SSSR count). The minimum atomic E-state index is -4.01. The maximum absolute atomic E-state index is 8.57. The van der Waals surface area contributed by atoms with Crippen molar-refractivity contribution in [1.82, 2.24) is 0 Å². The van der Waals surface area contributed by atoms with Crippen molar-refractivity contribution in [3.63, 3.8) is 0 Å². The van der Waals surface area contributed by atoms with Crippen LogP contribution in [0.1, 0.15) is 0 Å². The van der Waals surface area contributed by atoms with E-state index in [-0.39, 0.29) is 88.7 Å². The SMILES string of the molecule is [Na+].[Na+].[Na+].[O-][I+2]([O-])[O-].[O-][I+2]([O-])[O-].[O-][I+2]([O-])[O-]. The van der Waals surface area contributed by atoms with Gasteiger partial charge in [0.05, 0.1) is 0 Å². The molecule has 0 aliphatic rings. The van der Waals surface area contributed by atoms with Gasteiger partial charge in [-0.15, -0.1) is 0 Å². The first-order valence-corrected chi connectivity index (χ1v) is 9.32. The van der Waals surface area contributed by atoms with E-state index in [0.717, 1.165) is 0 Å². The Morgan fingerprint density at radius 1 is 0.333 bits per heavy atom. The average Bonchev–Trinajstić information content (AvgIpc) is 1.54. The van der Waals surface area contributed by atoms with Crippen molar-refractivity contribution in [2.75, 3.05) is 0 Å². The van der Waals surface area contributed by atoms with Gasteiger partial charge in [-0.1, -0.05) is 0 Å². The summed E-state index contributed by atoms with van der Waals surface area (Å²) in [5.74, 6) is 0. The molecule has 0 aromatic carbocycles. The molecule has 0 bridgehead atoms. The first kappa shape index (κ1) is 36.8. The number of halogens is 3. The van der Waals surface area contributed by atoms with Crippen LogP contribution in [-0.4, -0.2) is 0 Å². The second-order valence-electron chi connectivity index (χ2n) is 0.567. The number of rotatable bonds is 0. The van der Waals surface area contributed by atoms with E-state index < -0.39 is 63.2 Å². The summed E-state index contributed by atoms with van der Waals surface area (Å²) < 4.78 is 77.2. The molecule has 0 heterocycles. The van der Waals surface area contributed by atoms with E-state index in [1.807, 2.05) is 0 Å². The summed E-state index contributed by atoms with van der Waals surface area (Å²) in [6, 6.07) is 0. The molecule has 0 atom stereocenters. The van der Waals surface area contributed by atoms with Crippen LogP contribution in [0.2, 0.25) is 0 Å². The van der Waals surface area contributed by atoms with Crippen molar-refractivity contribution < 1.29 is 183 Å². The minimum Gasteiger partial charge on any atom is -0.427 e. The Hall–Kier alpha value is 4.83. The van der Waals surface area contributed by atoms with E-state index in [2.05, 4.69) is 0 Å².